The van der Waals surface area contributed by atoms with Crippen LogP contribution in [0.1, 0.15) is 39.2 Å². The number of nitrogens with zero attached hydrogens (tertiary/aromatic N) is 1. The van der Waals surface area contributed by atoms with Crippen molar-refractivity contribution in [2.45, 2.75) is 58.2 Å². The number of likely N-dealkylation sites (tertiary alicyclic amines) is 1. The van der Waals surface area contributed by atoms with E-state index in [1.807, 2.05) is 30.0 Å². The molecule has 146 valence electrons. The van der Waals surface area contributed by atoms with Crippen LogP contribution in [0.2, 0.25) is 0 Å². The molecule has 0 radical (unpaired) electrons. The summed E-state index contributed by atoms with van der Waals surface area (Å²) in [6.45, 7) is 6.97. The van der Waals surface area contributed by atoms with Crippen LogP contribution in [0.3, 0.4) is 0 Å². The molecule has 1 aromatic heterocycles. The first-order valence-electron chi connectivity index (χ1n) is 9.80. The highest BCUT2D eigenvalue weighted by Gasteiger charge is 2.33. The van der Waals surface area contributed by atoms with Gasteiger partial charge in [-0.15, -0.1) is 0 Å². The van der Waals surface area contributed by atoms with Crippen LogP contribution in [0.15, 0.2) is 34.9 Å². The molecule has 0 bridgehead atoms. The first-order chi connectivity index (χ1) is 13.0. The highest BCUT2D eigenvalue weighted by molar-refractivity contribution is 5.89. The molecule has 2 N–H and O–H groups in total. The third kappa shape index (κ3) is 4.33. The Morgan fingerprint density at radius 3 is 2.81 bits per heavy atom. The van der Waals surface area contributed by atoms with E-state index in [1.165, 1.54) is 0 Å². The van der Waals surface area contributed by atoms with Crippen molar-refractivity contribution >= 4 is 22.8 Å². The van der Waals surface area contributed by atoms with Gasteiger partial charge in [0.2, 0.25) is 11.8 Å². The van der Waals surface area contributed by atoms with Gasteiger partial charge in [-0.1, -0.05) is 25.1 Å². The molecular formula is C21H29N3O3. The average molecular weight is 371 g/mol. The molecule has 2 aromatic rings. The molecule has 0 unspecified atom stereocenters. The molecule has 2 amide bonds. The monoisotopic (exact) mass is 371 g/mol. The molecule has 0 saturated carbocycles. The maximum Gasteiger partial charge on any atom is 0.245 e. The van der Waals surface area contributed by atoms with Crippen LogP contribution in [-0.4, -0.2) is 47.9 Å². The van der Waals surface area contributed by atoms with Crippen LogP contribution in [0.4, 0.5) is 0 Å². The fraction of sp³-hybridized carbons (Fsp3) is 0.524. The Morgan fingerprint density at radius 2 is 2.04 bits per heavy atom. The predicted octanol–water partition coefficient (Wildman–Crippen LogP) is 2.47. The lowest BCUT2D eigenvalue weighted by molar-refractivity contribution is -0.137. The average Bonchev–Trinajstić information content (AvgIpc) is 3.29. The quantitative estimate of drug-likeness (QED) is 0.784. The van der Waals surface area contributed by atoms with Gasteiger partial charge < -0.3 is 20.0 Å². The molecule has 6 nitrogen and oxygen atoms in total. The van der Waals surface area contributed by atoms with E-state index in [2.05, 4.69) is 16.7 Å². The second-order valence-electron chi connectivity index (χ2n) is 7.30. The second kappa shape index (κ2) is 8.57. The van der Waals surface area contributed by atoms with Crippen LogP contribution < -0.4 is 10.6 Å². The molecule has 1 saturated heterocycles. The molecule has 3 rings (SSSR count). The van der Waals surface area contributed by atoms with Gasteiger partial charge in [0.25, 0.3) is 0 Å². The van der Waals surface area contributed by atoms with Crippen molar-refractivity contribution in [1.29, 1.82) is 0 Å². The van der Waals surface area contributed by atoms with Crippen LogP contribution in [0, 0.1) is 0 Å². The maximum atomic E-state index is 12.9. The standard InChI is InChI=1S/C21H29N3O3/c1-4-22-14(2)20(25)23-15(3)21(26)24-11-7-8-17(24)12-16-13-27-19-10-6-5-9-18(16)19/h5-6,9-10,13-15,17,22H,4,7-8,11-12H2,1-3H3,(H,23,25)/t14-,15-,17+/m0/s1. The van der Waals surface area contributed by atoms with Crippen molar-refractivity contribution in [3.05, 3.63) is 36.1 Å². The molecule has 3 atom stereocenters. The Kier molecular flexibility index (Phi) is 6.16. The number of hydrogen-bond acceptors (Lipinski definition) is 4. The largest absolute Gasteiger partial charge is 0.464 e. The van der Waals surface area contributed by atoms with E-state index in [4.69, 9.17) is 4.42 Å². The lowest BCUT2D eigenvalue weighted by Crippen LogP contribution is -2.52. The maximum absolute atomic E-state index is 12.9. The zero-order valence-corrected chi connectivity index (χ0v) is 16.3. The van der Waals surface area contributed by atoms with E-state index < -0.39 is 6.04 Å². The topological polar surface area (TPSA) is 74.6 Å². The number of amides is 2. The molecule has 0 spiro atoms. The van der Waals surface area contributed by atoms with Crippen molar-refractivity contribution in [1.82, 2.24) is 15.5 Å². The smallest absolute Gasteiger partial charge is 0.245 e. The molecule has 2 heterocycles. The van der Waals surface area contributed by atoms with Crippen LogP contribution >= 0.6 is 0 Å². The lowest BCUT2D eigenvalue weighted by atomic mass is 10.0. The van der Waals surface area contributed by atoms with Crippen LogP contribution in [0.5, 0.6) is 0 Å². The van der Waals surface area contributed by atoms with Crippen molar-refractivity contribution in [2.24, 2.45) is 0 Å². The van der Waals surface area contributed by atoms with Gasteiger partial charge in [0.1, 0.15) is 11.6 Å². The van der Waals surface area contributed by atoms with Gasteiger partial charge in [0.05, 0.1) is 12.3 Å². The van der Waals surface area contributed by atoms with E-state index >= 15 is 0 Å². The molecule has 1 aromatic carbocycles. The number of fused-ring (bicyclic) bond motifs is 1. The molecule has 1 aliphatic rings. The SMILES string of the molecule is CCN[C@@H](C)C(=O)N[C@@H](C)C(=O)N1CCC[C@@H]1Cc1coc2ccccc12. The minimum Gasteiger partial charge on any atom is -0.464 e. The number of nitrogens with one attached hydrogen (secondary N) is 2. The number of carbonyl (C=O) groups excluding carboxylic acids is 2. The Bertz CT molecular complexity index is 801. The van der Waals surface area contributed by atoms with Crippen molar-refractivity contribution in [3.8, 4) is 0 Å². The summed E-state index contributed by atoms with van der Waals surface area (Å²) in [5.74, 6) is -0.156. The molecule has 6 heteroatoms. The van der Waals surface area contributed by atoms with E-state index in [1.54, 1.807) is 20.1 Å². The zero-order valence-electron chi connectivity index (χ0n) is 16.3. The number of carbonyl (C=O) groups is 2. The summed E-state index contributed by atoms with van der Waals surface area (Å²) in [5, 5.41) is 7.02. The number of benzene rings is 1. The van der Waals surface area contributed by atoms with Crippen LogP contribution in [0.25, 0.3) is 11.0 Å². The summed E-state index contributed by atoms with van der Waals surface area (Å²) in [4.78, 5) is 27.0. The Balaban J connectivity index is 1.64. The Hall–Kier alpha value is -2.34. The fourth-order valence-electron chi connectivity index (χ4n) is 3.83. The predicted molar refractivity (Wildman–Crippen MR) is 105 cm³/mol. The first-order valence-corrected chi connectivity index (χ1v) is 9.80. The molecular weight excluding hydrogens is 342 g/mol. The summed E-state index contributed by atoms with van der Waals surface area (Å²) in [5.41, 5.74) is 2.01. The van der Waals surface area contributed by atoms with Gasteiger partial charge in [0, 0.05) is 23.5 Å². The number of furan rings is 1. The van der Waals surface area contributed by atoms with E-state index in [0.717, 1.165) is 42.3 Å². The molecule has 1 fully saturated rings. The van der Waals surface area contributed by atoms with Gasteiger partial charge in [0.15, 0.2) is 0 Å². The summed E-state index contributed by atoms with van der Waals surface area (Å²) in [6, 6.07) is 7.28. The zero-order chi connectivity index (χ0) is 19.4. The summed E-state index contributed by atoms with van der Waals surface area (Å²) >= 11 is 0. The Morgan fingerprint density at radius 1 is 1.26 bits per heavy atom. The van der Waals surface area contributed by atoms with Gasteiger partial charge in [-0.2, -0.15) is 0 Å². The normalized spacial score (nSPS) is 19.2. The lowest BCUT2D eigenvalue weighted by Gasteiger charge is -2.28. The van der Waals surface area contributed by atoms with E-state index in [-0.39, 0.29) is 23.9 Å². The van der Waals surface area contributed by atoms with Gasteiger partial charge in [-0.05, 0) is 45.7 Å². The van der Waals surface area contributed by atoms with Gasteiger partial charge in [-0.3, -0.25) is 9.59 Å². The minimum atomic E-state index is -0.527. The third-order valence-electron chi connectivity index (χ3n) is 5.31. The highest BCUT2D eigenvalue weighted by atomic mass is 16.3. The first kappa shape index (κ1) is 19.4. The van der Waals surface area contributed by atoms with E-state index in [9.17, 15) is 9.59 Å². The van der Waals surface area contributed by atoms with E-state index in [0.29, 0.717) is 6.54 Å². The van der Waals surface area contributed by atoms with Crippen molar-refractivity contribution < 1.29 is 14.0 Å². The minimum absolute atomic E-state index is 0.0117. The van der Waals surface area contributed by atoms with Gasteiger partial charge >= 0.3 is 0 Å². The highest BCUT2D eigenvalue weighted by Crippen LogP contribution is 2.27. The molecule has 27 heavy (non-hydrogen) atoms. The Labute approximate surface area is 160 Å². The summed E-state index contributed by atoms with van der Waals surface area (Å²) in [7, 11) is 0. The summed E-state index contributed by atoms with van der Waals surface area (Å²) < 4.78 is 5.64. The number of para-hydroxylation sites is 1. The van der Waals surface area contributed by atoms with Gasteiger partial charge in [-0.25, -0.2) is 0 Å². The summed E-state index contributed by atoms with van der Waals surface area (Å²) in [6.07, 6.45) is 4.53. The number of likely N-dealkylation sites (N-methyl/N-ethyl adjacent to an activating group) is 1. The van der Waals surface area contributed by atoms with Crippen LogP contribution in [-0.2, 0) is 16.0 Å². The molecule has 0 aliphatic carbocycles. The third-order valence-corrected chi connectivity index (χ3v) is 5.31. The number of rotatable bonds is 7. The fourth-order valence-corrected chi connectivity index (χ4v) is 3.83. The molecule has 1 aliphatic heterocycles. The number of hydrogen-bond donors (Lipinski definition) is 2. The second-order valence-corrected chi connectivity index (χ2v) is 7.30. The van der Waals surface area contributed by atoms with Crippen molar-refractivity contribution in [2.75, 3.05) is 13.1 Å². The van der Waals surface area contributed by atoms with Crippen molar-refractivity contribution in [3.63, 3.8) is 0 Å².